The van der Waals surface area contributed by atoms with E-state index in [9.17, 15) is 28.1 Å². The van der Waals surface area contributed by atoms with Gasteiger partial charge in [-0.15, -0.1) is 0 Å². The number of piperidine rings is 2. The lowest BCUT2D eigenvalue weighted by Gasteiger charge is -2.37. The van der Waals surface area contributed by atoms with Crippen LogP contribution in [0.5, 0.6) is 0 Å². The summed E-state index contributed by atoms with van der Waals surface area (Å²) in [7, 11) is -3.71. The van der Waals surface area contributed by atoms with Gasteiger partial charge < -0.3 is 9.80 Å². The summed E-state index contributed by atoms with van der Waals surface area (Å²) in [4.78, 5) is 39.3. The van der Waals surface area contributed by atoms with Crippen LogP contribution in [0.4, 0.5) is 5.69 Å². The van der Waals surface area contributed by atoms with Gasteiger partial charge in [0, 0.05) is 56.0 Å². The summed E-state index contributed by atoms with van der Waals surface area (Å²) in [5.74, 6) is 0.0581. The molecular weight excluding hydrogens is 410 g/mol. The minimum atomic E-state index is -3.71. The van der Waals surface area contributed by atoms with Crippen molar-refractivity contribution in [1.29, 1.82) is 0 Å². The lowest BCUT2D eigenvalue weighted by molar-refractivity contribution is -0.385. The SMILES string of the molecule is CC1CCCN(C(=O)C2CCN(C(=O)c3cc([N+](=O)[O-])cc(S(C)(=O)=O)c3)CC2)C1. The van der Waals surface area contributed by atoms with Gasteiger partial charge in [-0.1, -0.05) is 6.92 Å². The van der Waals surface area contributed by atoms with E-state index < -0.39 is 26.4 Å². The van der Waals surface area contributed by atoms with Crippen molar-refractivity contribution >= 4 is 27.3 Å². The molecule has 2 amide bonds. The van der Waals surface area contributed by atoms with Gasteiger partial charge >= 0.3 is 0 Å². The molecule has 0 saturated carbocycles. The Labute approximate surface area is 176 Å². The summed E-state index contributed by atoms with van der Waals surface area (Å²) in [6, 6.07) is 3.23. The van der Waals surface area contributed by atoms with Gasteiger partial charge in [-0.2, -0.15) is 0 Å². The summed E-state index contributed by atoms with van der Waals surface area (Å²) >= 11 is 0. The van der Waals surface area contributed by atoms with Crippen LogP contribution >= 0.6 is 0 Å². The molecule has 164 valence electrons. The molecule has 2 heterocycles. The number of hydrogen-bond acceptors (Lipinski definition) is 6. The molecule has 0 bridgehead atoms. The zero-order valence-electron chi connectivity index (χ0n) is 17.2. The van der Waals surface area contributed by atoms with Crippen LogP contribution in [-0.4, -0.2) is 67.4 Å². The van der Waals surface area contributed by atoms with Crippen LogP contribution in [0.25, 0.3) is 0 Å². The predicted molar refractivity (Wildman–Crippen MR) is 110 cm³/mol. The largest absolute Gasteiger partial charge is 0.342 e. The highest BCUT2D eigenvalue weighted by atomic mass is 32.2. The smallest absolute Gasteiger partial charge is 0.271 e. The average molecular weight is 438 g/mol. The number of rotatable bonds is 4. The minimum absolute atomic E-state index is 0.0285. The van der Waals surface area contributed by atoms with Crippen molar-refractivity contribution in [2.75, 3.05) is 32.4 Å². The minimum Gasteiger partial charge on any atom is -0.342 e. The van der Waals surface area contributed by atoms with Crippen LogP contribution in [0.15, 0.2) is 23.1 Å². The summed E-state index contributed by atoms with van der Waals surface area (Å²) in [5, 5.41) is 11.2. The third-order valence-corrected chi connectivity index (χ3v) is 6.97. The monoisotopic (exact) mass is 437 g/mol. The van der Waals surface area contributed by atoms with Gasteiger partial charge in [0.2, 0.25) is 5.91 Å². The Balaban J connectivity index is 1.70. The summed E-state index contributed by atoms with van der Waals surface area (Å²) in [6.07, 6.45) is 4.15. The number of nitrogens with zero attached hydrogens (tertiary/aromatic N) is 3. The van der Waals surface area contributed by atoms with E-state index in [2.05, 4.69) is 6.92 Å². The second-order valence-electron chi connectivity index (χ2n) is 8.34. The molecule has 10 heteroatoms. The molecule has 2 aliphatic rings. The number of benzene rings is 1. The summed E-state index contributed by atoms with van der Waals surface area (Å²) < 4.78 is 23.7. The topological polar surface area (TPSA) is 118 Å². The van der Waals surface area contributed by atoms with Gasteiger partial charge in [0.15, 0.2) is 9.84 Å². The zero-order chi connectivity index (χ0) is 22.1. The molecule has 1 atom stereocenters. The molecule has 30 heavy (non-hydrogen) atoms. The van der Waals surface area contributed by atoms with Crippen molar-refractivity contribution in [3.63, 3.8) is 0 Å². The molecule has 2 aliphatic heterocycles. The Hall–Kier alpha value is -2.49. The van der Waals surface area contributed by atoms with Crippen molar-refractivity contribution in [2.24, 2.45) is 11.8 Å². The van der Waals surface area contributed by atoms with Crippen molar-refractivity contribution in [2.45, 2.75) is 37.5 Å². The van der Waals surface area contributed by atoms with Gasteiger partial charge in [0.05, 0.1) is 9.82 Å². The number of amides is 2. The normalized spacial score (nSPS) is 20.8. The van der Waals surface area contributed by atoms with E-state index in [1.54, 1.807) is 0 Å². The molecule has 0 radical (unpaired) electrons. The van der Waals surface area contributed by atoms with Gasteiger partial charge in [-0.05, 0) is 37.7 Å². The quantitative estimate of drug-likeness (QED) is 0.526. The van der Waals surface area contributed by atoms with Gasteiger partial charge in [0.25, 0.3) is 11.6 Å². The molecule has 9 nitrogen and oxygen atoms in total. The highest BCUT2D eigenvalue weighted by Gasteiger charge is 2.32. The van der Waals surface area contributed by atoms with E-state index in [0.29, 0.717) is 31.8 Å². The van der Waals surface area contributed by atoms with Crippen LogP contribution in [0.2, 0.25) is 0 Å². The van der Waals surface area contributed by atoms with E-state index in [-0.39, 0.29) is 22.3 Å². The third kappa shape index (κ3) is 4.97. The van der Waals surface area contributed by atoms with Crippen LogP contribution < -0.4 is 0 Å². The highest BCUT2D eigenvalue weighted by molar-refractivity contribution is 7.90. The molecule has 0 aliphatic carbocycles. The second-order valence-corrected chi connectivity index (χ2v) is 10.4. The van der Waals surface area contributed by atoms with E-state index in [0.717, 1.165) is 44.3 Å². The number of likely N-dealkylation sites (tertiary alicyclic amines) is 2. The van der Waals surface area contributed by atoms with E-state index >= 15 is 0 Å². The maximum atomic E-state index is 12.9. The Bertz CT molecular complexity index is 953. The second kappa shape index (κ2) is 8.71. The fourth-order valence-corrected chi connectivity index (χ4v) is 4.86. The number of non-ortho nitro benzene ring substituents is 1. The molecule has 1 unspecified atom stereocenters. The van der Waals surface area contributed by atoms with Crippen molar-refractivity contribution in [3.8, 4) is 0 Å². The molecule has 0 spiro atoms. The van der Waals surface area contributed by atoms with Crippen LogP contribution in [0, 0.1) is 22.0 Å². The van der Waals surface area contributed by atoms with Gasteiger partial charge in [-0.3, -0.25) is 19.7 Å². The highest BCUT2D eigenvalue weighted by Crippen LogP contribution is 2.26. The lowest BCUT2D eigenvalue weighted by Crippen LogP contribution is -2.47. The Morgan fingerprint density at radius 3 is 2.30 bits per heavy atom. The molecule has 2 saturated heterocycles. The van der Waals surface area contributed by atoms with Crippen molar-refractivity contribution in [3.05, 3.63) is 33.9 Å². The van der Waals surface area contributed by atoms with Gasteiger partial charge in [0.1, 0.15) is 0 Å². The zero-order valence-corrected chi connectivity index (χ0v) is 18.1. The number of carbonyl (C=O) groups is 2. The Morgan fingerprint density at radius 2 is 1.73 bits per heavy atom. The molecule has 1 aromatic rings. The lowest BCUT2D eigenvalue weighted by atomic mass is 9.92. The number of carbonyl (C=O) groups excluding carboxylic acids is 2. The first-order valence-corrected chi connectivity index (χ1v) is 12.0. The maximum absolute atomic E-state index is 12.9. The van der Waals surface area contributed by atoms with Crippen molar-refractivity contribution < 1.29 is 22.9 Å². The molecule has 0 N–H and O–H groups in total. The first-order valence-electron chi connectivity index (χ1n) is 10.1. The maximum Gasteiger partial charge on any atom is 0.271 e. The molecular formula is C20H27N3O6S. The van der Waals surface area contributed by atoms with E-state index in [1.165, 1.54) is 11.0 Å². The Morgan fingerprint density at radius 1 is 1.07 bits per heavy atom. The van der Waals surface area contributed by atoms with Crippen molar-refractivity contribution in [1.82, 2.24) is 9.80 Å². The predicted octanol–water partition coefficient (Wildman–Crippen LogP) is 2.11. The van der Waals surface area contributed by atoms with Crippen LogP contribution in [-0.2, 0) is 14.6 Å². The molecule has 0 aromatic heterocycles. The number of nitro benzene ring substituents is 1. The fourth-order valence-electron chi connectivity index (χ4n) is 4.19. The van der Waals surface area contributed by atoms with E-state index in [1.807, 2.05) is 4.90 Å². The fraction of sp³-hybridized carbons (Fsp3) is 0.600. The Kier molecular flexibility index (Phi) is 6.44. The van der Waals surface area contributed by atoms with Crippen LogP contribution in [0.1, 0.15) is 43.0 Å². The number of hydrogen-bond donors (Lipinski definition) is 0. The number of sulfone groups is 1. The molecule has 2 fully saturated rings. The standard InChI is InChI=1S/C20H27N3O6S/c1-14-4-3-7-22(13-14)19(24)15-5-8-21(9-6-15)20(25)16-10-17(23(26)27)12-18(11-16)30(2,28)29/h10-12,14-15H,3-9,13H2,1-2H3. The summed E-state index contributed by atoms with van der Waals surface area (Å²) in [5.41, 5.74) is -0.468. The third-order valence-electron chi connectivity index (χ3n) is 5.88. The van der Waals surface area contributed by atoms with E-state index in [4.69, 9.17) is 0 Å². The first kappa shape index (κ1) is 22.2. The summed E-state index contributed by atoms with van der Waals surface area (Å²) in [6.45, 7) is 4.42. The molecule has 3 rings (SSSR count). The first-order chi connectivity index (χ1) is 14.1. The van der Waals surface area contributed by atoms with Crippen LogP contribution in [0.3, 0.4) is 0 Å². The number of nitro groups is 1. The van der Waals surface area contributed by atoms with Gasteiger partial charge in [-0.25, -0.2) is 8.42 Å². The molecule has 1 aromatic carbocycles. The average Bonchev–Trinajstić information content (AvgIpc) is 2.71.